The van der Waals surface area contributed by atoms with Crippen molar-refractivity contribution in [3.63, 3.8) is 0 Å². The fraction of sp³-hybridized carbons (Fsp3) is 0.167. The van der Waals surface area contributed by atoms with Crippen LogP contribution in [0.2, 0.25) is 0 Å². The molecule has 1 unspecified atom stereocenters. The molecule has 106 valence electrons. The van der Waals surface area contributed by atoms with Gasteiger partial charge in [0, 0.05) is 16.6 Å². The molecule has 0 bridgehead atoms. The van der Waals surface area contributed by atoms with Crippen molar-refractivity contribution in [2.24, 2.45) is 0 Å². The standard InChI is InChI=1S/C18H17BrN2/c1-14-7-5-6-8-15(14)11-18(19)16-12-20-21(13-16)17-9-3-2-4-10-17/h2-10,12-13,18H,11H2,1H3. The topological polar surface area (TPSA) is 17.8 Å². The van der Waals surface area contributed by atoms with E-state index in [0.29, 0.717) is 0 Å². The highest BCUT2D eigenvalue weighted by Gasteiger charge is 2.12. The third-order valence-corrected chi connectivity index (χ3v) is 4.50. The predicted molar refractivity (Wildman–Crippen MR) is 90.1 cm³/mol. The molecule has 0 fully saturated rings. The van der Waals surface area contributed by atoms with Gasteiger partial charge >= 0.3 is 0 Å². The van der Waals surface area contributed by atoms with Crippen molar-refractivity contribution in [2.45, 2.75) is 18.2 Å². The molecule has 0 spiro atoms. The highest BCUT2D eigenvalue weighted by atomic mass is 79.9. The van der Waals surface area contributed by atoms with Gasteiger partial charge in [-0.1, -0.05) is 58.4 Å². The first-order valence-corrected chi connectivity index (χ1v) is 7.94. The summed E-state index contributed by atoms with van der Waals surface area (Å²) in [6.07, 6.45) is 4.99. The first kappa shape index (κ1) is 14.1. The van der Waals surface area contributed by atoms with Crippen LogP contribution in [0.4, 0.5) is 0 Å². The van der Waals surface area contributed by atoms with Gasteiger partial charge in [0.15, 0.2) is 0 Å². The van der Waals surface area contributed by atoms with Crippen molar-refractivity contribution in [3.8, 4) is 5.69 Å². The number of hydrogen-bond acceptors (Lipinski definition) is 1. The molecule has 0 N–H and O–H groups in total. The number of benzene rings is 2. The quantitative estimate of drug-likeness (QED) is 0.620. The van der Waals surface area contributed by atoms with Crippen LogP contribution in [0.3, 0.4) is 0 Å². The van der Waals surface area contributed by atoms with E-state index in [2.05, 4.69) is 70.5 Å². The Morgan fingerprint density at radius 1 is 1.05 bits per heavy atom. The van der Waals surface area contributed by atoms with Crippen LogP contribution in [0.25, 0.3) is 5.69 Å². The predicted octanol–water partition coefficient (Wildman–Crippen LogP) is 4.86. The molecule has 1 atom stereocenters. The molecule has 0 radical (unpaired) electrons. The van der Waals surface area contributed by atoms with Crippen molar-refractivity contribution in [3.05, 3.63) is 83.7 Å². The summed E-state index contributed by atoms with van der Waals surface area (Å²) in [5.74, 6) is 0. The van der Waals surface area contributed by atoms with Crippen molar-refractivity contribution in [1.29, 1.82) is 0 Å². The second kappa shape index (κ2) is 6.27. The number of aryl methyl sites for hydroxylation is 1. The van der Waals surface area contributed by atoms with Crippen LogP contribution >= 0.6 is 15.9 Å². The lowest BCUT2D eigenvalue weighted by molar-refractivity contribution is 0.878. The average molecular weight is 341 g/mol. The molecule has 3 heteroatoms. The molecule has 21 heavy (non-hydrogen) atoms. The minimum Gasteiger partial charge on any atom is -0.241 e. The molecule has 0 saturated heterocycles. The van der Waals surface area contributed by atoms with E-state index in [9.17, 15) is 0 Å². The van der Waals surface area contributed by atoms with Gasteiger partial charge in [-0.15, -0.1) is 0 Å². The average Bonchev–Trinajstić information content (AvgIpc) is 3.00. The van der Waals surface area contributed by atoms with Gasteiger partial charge in [-0.2, -0.15) is 5.10 Å². The lowest BCUT2D eigenvalue weighted by atomic mass is 10.0. The molecule has 3 aromatic rings. The fourth-order valence-electron chi connectivity index (χ4n) is 2.37. The maximum Gasteiger partial charge on any atom is 0.0645 e. The third kappa shape index (κ3) is 3.24. The van der Waals surface area contributed by atoms with Crippen LogP contribution < -0.4 is 0 Å². The fourth-order valence-corrected chi connectivity index (χ4v) is 2.96. The second-order valence-electron chi connectivity index (χ2n) is 5.15. The van der Waals surface area contributed by atoms with E-state index in [0.717, 1.165) is 12.1 Å². The van der Waals surface area contributed by atoms with E-state index < -0.39 is 0 Å². The molecule has 0 amide bonds. The number of nitrogens with zero attached hydrogens (tertiary/aromatic N) is 2. The van der Waals surface area contributed by atoms with Gasteiger partial charge in [-0.3, -0.25) is 0 Å². The zero-order valence-corrected chi connectivity index (χ0v) is 13.5. The largest absolute Gasteiger partial charge is 0.241 e. The monoisotopic (exact) mass is 340 g/mol. The molecule has 0 aliphatic rings. The minimum absolute atomic E-state index is 0.274. The Morgan fingerprint density at radius 3 is 2.52 bits per heavy atom. The summed E-state index contributed by atoms with van der Waals surface area (Å²) in [6, 6.07) is 18.7. The number of alkyl halides is 1. The van der Waals surface area contributed by atoms with Crippen molar-refractivity contribution >= 4 is 15.9 Å². The van der Waals surface area contributed by atoms with Gasteiger partial charge in [0.05, 0.1) is 11.9 Å². The maximum absolute atomic E-state index is 4.46. The van der Waals surface area contributed by atoms with E-state index in [4.69, 9.17) is 0 Å². The number of aromatic nitrogens is 2. The SMILES string of the molecule is Cc1ccccc1CC(Br)c1cnn(-c2ccccc2)c1. The normalized spacial score (nSPS) is 12.3. The second-order valence-corrected chi connectivity index (χ2v) is 6.26. The summed E-state index contributed by atoms with van der Waals surface area (Å²) in [7, 11) is 0. The van der Waals surface area contributed by atoms with Gasteiger partial charge in [0.1, 0.15) is 0 Å². The number of rotatable bonds is 4. The Labute approximate surface area is 133 Å². The minimum atomic E-state index is 0.274. The van der Waals surface area contributed by atoms with Gasteiger partial charge < -0.3 is 0 Å². The van der Waals surface area contributed by atoms with E-state index in [-0.39, 0.29) is 4.83 Å². The number of hydrogen-bond donors (Lipinski definition) is 0. The summed E-state index contributed by atoms with van der Waals surface area (Å²) in [6.45, 7) is 2.16. The Morgan fingerprint density at radius 2 is 1.76 bits per heavy atom. The Balaban J connectivity index is 1.79. The lowest BCUT2D eigenvalue weighted by Crippen LogP contribution is -1.97. The van der Waals surface area contributed by atoms with E-state index in [1.807, 2.05) is 29.1 Å². The Kier molecular flexibility index (Phi) is 4.20. The van der Waals surface area contributed by atoms with Crippen LogP contribution in [-0.4, -0.2) is 9.78 Å². The molecule has 0 saturated carbocycles. The summed E-state index contributed by atoms with van der Waals surface area (Å²) < 4.78 is 1.92. The first-order valence-electron chi connectivity index (χ1n) is 7.02. The molecule has 2 nitrogen and oxygen atoms in total. The van der Waals surface area contributed by atoms with Gasteiger partial charge in [-0.05, 0) is 36.6 Å². The smallest absolute Gasteiger partial charge is 0.0645 e. The van der Waals surface area contributed by atoms with Crippen LogP contribution in [0.5, 0.6) is 0 Å². The van der Waals surface area contributed by atoms with Gasteiger partial charge in [-0.25, -0.2) is 4.68 Å². The molecule has 3 rings (SSSR count). The van der Waals surface area contributed by atoms with Crippen molar-refractivity contribution in [1.82, 2.24) is 9.78 Å². The number of para-hydroxylation sites is 1. The molecular formula is C18H17BrN2. The van der Waals surface area contributed by atoms with Gasteiger partial charge in [0.2, 0.25) is 0 Å². The van der Waals surface area contributed by atoms with Crippen LogP contribution in [0.15, 0.2) is 67.0 Å². The summed E-state index contributed by atoms with van der Waals surface area (Å²) >= 11 is 3.79. The zero-order valence-electron chi connectivity index (χ0n) is 11.9. The van der Waals surface area contributed by atoms with E-state index >= 15 is 0 Å². The highest BCUT2D eigenvalue weighted by Crippen LogP contribution is 2.28. The first-order chi connectivity index (χ1) is 10.2. The van der Waals surface area contributed by atoms with Crippen LogP contribution in [-0.2, 0) is 6.42 Å². The lowest BCUT2D eigenvalue weighted by Gasteiger charge is -2.10. The van der Waals surface area contributed by atoms with Crippen LogP contribution in [0.1, 0.15) is 21.5 Å². The Bertz CT molecular complexity index is 719. The van der Waals surface area contributed by atoms with Gasteiger partial charge in [0.25, 0.3) is 0 Å². The molecular weight excluding hydrogens is 324 g/mol. The number of halogens is 1. The molecule has 0 aliphatic carbocycles. The molecule has 1 heterocycles. The van der Waals surface area contributed by atoms with E-state index in [1.54, 1.807) is 0 Å². The summed E-state index contributed by atoms with van der Waals surface area (Å²) in [4.78, 5) is 0.274. The van der Waals surface area contributed by atoms with E-state index in [1.165, 1.54) is 16.7 Å². The third-order valence-electron chi connectivity index (χ3n) is 3.65. The maximum atomic E-state index is 4.46. The molecule has 0 aliphatic heterocycles. The summed E-state index contributed by atoms with van der Waals surface area (Å²) in [5.41, 5.74) is 4.98. The molecule has 2 aromatic carbocycles. The van der Waals surface area contributed by atoms with Crippen molar-refractivity contribution in [2.75, 3.05) is 0 Å². The molecule has 1 aromatic heterocycles. The van der Waals surface area contributed by atoms with Crippen molar-refractivity contribution < 1.29 is 0 Å². The zero-order chi connectivity index (χ0) is 14.7. The Hall–Kier alpha value is -1.87. The summed E-state index contributed by atoms with van der Waals surface area (Å²) in [5, 5.41) is 4.46. The highest BCUT2D eigenvalue weighted by molar-refractivity contribution is 9.09. The van der Waals surface area contributed by atoms with Crippen LogP contribution in [0, 0.1) is 6.92 Å².